The van der Waals surface area contributed by atoms with Gasteiger partial charge in [0.25, 0.3) is 0 Å². The predicted octanol–water partition coefficient (Wildman–Crippen LogP) is 4.56. The van der Waals surface area contributed by atoms with Crippen molar-refractivity contribution >= 4 is 23.2 Å². The zero-order valence-corrected chi connectivity index (χ0v) is 13.7. The van der Waals surface area contributed by atoms with E-state index in [0.29, 0.717) is 15.6 Å². The minimum atomic E-state index is -1.60. The van der Waals surface area contributed by atoms with Gasteiger partial charge in [-0.25, -0.2) is 14.1 Å². The summed E-state index contributed by atoms with van der Waals surface area (Å²) in [6, 6.07) is 4.86. The number of nitrogens with zero attached hydrogens (tertiary/aromatic N) is 3. The normalized spacial score (nSPS) is 15.9. The van der Waals surface area contributed by atoms with Gasteiger partial charge in [-0.2, -0.15) is 5.10 Å². The molecule has 0 aliphatic rings. The van der Waals surface area contributed by atoms with E-state index in [1.54, 1.807) is 31.2 Å². The number of rotatable bonds is 6. The van der Waals surface area contributed by atoms with Crippen LogP contribution in [0.15, 0.2) is 43.0 Å². The molecule has 2 aromatic rings. The van der Waals surface area contributed by atoms with E-state index in [0.717, 1.165) is 4.68 Å². The molecule has 1 heterocycles. The second-order valence-electron chi connectivity index (χ2n) is 4.82. The number of benzene rings is 1. The molecule has 2 unspecified atom stereocenters. The molecule has 0 N–H and O–H groups in total. The molecular weight excluding hydrogens is 328 g/mol. The third-order valence-electron chi connectivity index (χ3n) is 3.30. The predicted molar refractivity (Wildman–Crippen MR) is 84.7 cm³/mol. The maximum atomic E-state index is 15.0. The zero-order chi connectivity index (χ0) is 16.2. The second kappa shape index (κ2) is 7.22. The van der Waals surface area contributed by atoms with E-state index < -0.39 is 11.9 Å². The SMILES string of the molecule is CC=CCOC(C)(c1ccc(Cl)cc1Cl)C(F)n1cncn1. The summed E-state index contributed by atoms with van der Waals surface area (Å²) in [5.74, 6) is 0. The Labute approximate surface area is 138 Å². The molecule has 0 amide bonds. The van der Waals surface area contributed by atoms with Crippen molar-refractivity contribution < 1.29 is 9.13 Å². The Morgan fingerprint density at radius 2 is 2.23 bits per heavy atom. The lowest BCUT2D eigenvalue weighted by molar-refractivity contribution is -0.111. The Morgan fingerprint density at radius 3 is 2.82 bits per heavy atom. The third-order valence-corrected chi connectivity index (χ3v) is 3.85. The largest absolute Gasteiger partial charge is 0.361 e. The number of aromatic nitrogens is 3. The van der Waals surface area contributed by atoms with Crippen molar-refractivity contribution in [1.82, 2.24) is 14.8 Å². The van der Waals surface area contributed by atoms with Crippen molar-refractivity contribution in [2.75, 3.05) is 6.61 Å². The van der Waals surface area contributed by atoms with Gasteiger partial charge in [0.2, 0.25) is 6.30 Å². The highest BCUT2D eigenvalue weighted by molar-refractivity contribution is 6.35. The smallest absolute Gasteiger partial charge is 0.225 e. The van der Waals surface area contributed by atoms with Crippen molar-refractivity contribution in [3.05, 3.63) is 58.6 Å². The Morgan fingerprint density at radius 1 is 1.45 bits per heavy atom. The molecule has 2 atom stereocenters. The van der Waals surface area contributed by atoms with Gasteiger partial charge in [0.1, 0.15) is 18.3 Å². The van der Waals surface area contributed by atoms with E-state index in [-0.39, 0.29) is 6.61 Å². The van der Waals surface area contributed by atoms with Crippen LogP contribution < -0.4 is 0 Å². The first-order valence-corrected chi connectivity index (χ1v) is 7.43. The number of ether oxygens (including phenoxy) is 1. The van der Waals surface area contributed by atoms with Crippen molar-refractivity contribution in [2.45, 2.75) is 25.7 Å². The minimum Gasteiger partial charge on any atom is -0.361 e. The van der Waals surface area contributed by atoms with Crippen molar-refractivity contribution in [2.24, 2.45) is 0 Å². The van der Waals surface area contributed by atoms with E-state index in [1.165, 1.54) is 12.7 Å². The van der Waals surface area contributed by atoms with Crippen molar-refractivity contribution in [3.8, 4) is 0 Å². The van der Waals surface area contributed by atoms with E-state index in [2.05, 4.69) is 10.1 Å². The molecule has 0 aliphatic heterocycles. The topological polar surface area (TPSA) is 39.9 Å². The van der Waals surface area contributed by atoms with Crippen LogP contribution in [0.2, 0.25) is 10.0 Å². The van der Waals surface area contributed by atoms with Crippen LogP contribution in [0.4, 0.5) is 4.39 Å². The van der Waals surface area contributed by atoms with Gasteiger partial charge >= 0.3 is 0 Å². The molecule has 0 spiro atoms. The van der Waals surface area contributed by atoms with Crippen LogP contribution in [0.5, 0.6) is 0 Å². The summed E-state index contributed by atoms with van der Waals surface area (Å²) >= 11 is 12.2. The molecule has 0 saturated heterocycles. The van der Waals surface area contributed by atoms with E-state index >= 15 is 4.39 Å². The fourth-order valence-corrected chi connectivity index (χ4v) is 2.67. The van der Waals surface area contributed by atoms with E-state index in [4.69, 9.17) is 27.9 Å². The summed E-state index contributed by atoms with van der Waals surface area (Å²) in [5.41, 5.74) is -0.847. The van der Waals surface area contributed by atoms with Crippen molar-refractivity contribution in [3.63, 3.8) is 0 Å². The van der Waals surface area contributed by atoms with Crippen LogP contribution in [-0.2, 0) is 10.3 Å². The van der Waals surface area contributed by atoms with Gasteiger partial charge < -0.3 is 4.74 Å². The van der Waals surface area contributed by atoms with Crippen molar-refractivity contribution in [1.29, 1.82) is 0 Å². The molecular formula is C15H16Cl2FN3O. The molecule has 0 aliphatic carbocycles. The Bertz CT molecular complexity index is 648. The van der Waals surface area contributed by atoms with Gasteiger partial charge in [-0.15, -0.1) is 0 Å². The molecule has 0 fully saturated rings. The Balaban J connectivity index is 2.44. The summed E-state index contributed by atoms with van der Waals surface area (Å²) in [6.07, 6.45) is 4.58. The molecule has 0 radical (unpaired) electrons. The van der Waals surface area contributed by atoms with Gasteiger partial charge in [0.05, 0.1) is 6.61 Å². The van der Waals surface area contributed by atoms with Crippen LogP contribution in [0.3, 0.4) is 0 Å². The van der Waals surface area contributed by atoms with E-state index in [9.17, 15) is 0 Å². The van der Waals surface area contributed by atoms with Crippen LogP contribution >= 0.6 is 23.2 Å². The fraction of sp³-hybridized carbons (Fsp3) is 0.333. The summed E-state index contributed by atoms with van der Waals surface area (Å²) in [7, 11) is 0. The Kier molecular flexibility index (Phi) is 5.56. The first kappa shape index (κ1) is 16.9. The van der Waals surface area contributed by atoms with Crippen LogP contribution in [0.25, 0.3) is 0 Å². The molecule has 0 saturated carbocycles. The van der Waals surface area contributed by atoms with E-state index in [1.807, 2.05) is 13.0 Å². The number of hydrogen-bond donors (Lipinski definition) is 0. The lowest BCUT2D eigenvalue weighted by atomic mass is 9.94. The minimum absolute atomic E-state index is 0.237. The van der Waals surface area contributed by atoms with Crippen LogP contribution in [-0.4, -0.2) is 21.4 Å². The monoisotopic (exact) mass is 343 g/mol. The van der Waals surface area contributed by atoms with Crippen LogP contribution in [0.1, 0.15) is 25.7 Å². The molecule has 22 heavy (non-hydrogen) atoms. The molecule has 1 aromatic carbocycles. The molecule has 4 nitrogen and oxygen atoms in total. The number of allylic oxidation sites excluding steroid dienone is 1. The summed E-state index contributed by atoms with van der Waals surface area (Å²) < 4.78 is 21.9. The summed E-state index contributed by atoms with van der Waals surface area (Å²) in [5, 5.41) is 4.65. The lowest BCUT2D eigenvalue weighted by Gasteiger charge is -2.33. The maximum Gasteiger partial charge on any atom is 0.225 e. The molecule has 7 heteroatoms. The van der Waals surface area contributed by atoms with Gasteiger partial charge in [-0.05, 0) is 26.0 Å². The average Bonchev–Trinajstić information content (AvgIpc) is 3.00. The highest BCUT2D eigenvalue weighted by atomic mass is 35.5. The number of hydrogen-bond acceptors (Lipinski definition) is 3. The van der Waals surface area contributed by atoms with Gasteiger partial charge in [0.15, 0.2) is 0 Å². The van der Waals surface area contributed by atoms with Crippen LogP contribution in [0, 0.1) is 0 Å². The van der Waals surface area contributed by atoms with Gasteiger partial charge in [-0.3, -0.25) is 0 Å². The summed E-state index contributed by atoms with van der Waals surface area (Å²) in [4.78, 5) is 3.77. The standard InChI is InChI=1S/C15H16Cl2FN3O/c1-3-4-7-22-15(2,14(18)21-10-19-9-20-21)12-6-5-11(16)8-13(12)17/h3-6,8-10,14H,7H2,1-2H3. The number of halogens is 3. The zero-order valence-electron chi connectivity index (χ0n) is 12.2. The summed E-state index contributed by atoms with van der Waals surface area (Å²) in [6.45, 7) is 3.72. The molecule has 118 valence electrons. The quantitative estimate of drug-likeness (QED) is 0.721. The first-order chi connectivity index (χ1) is 10.5. The molecule has 2 rings (SSSR count). The highest BCUT2D eigenvalue weighted by Crippen LogP contribution is 2.41. The fourth-order valence-electron chi connectivity index (χ4n) is 2.07. The number of alkyl halides is 1. The lowest BCUT2D eigenvalue weighted by Crippen LogP contribution is -2.35. The molecule has 0 bridgehead atoms. The average molecular weight is 344 g/mol. The second-order valence-corrected chi connectivity index (χ2v) is 5.67. The maximum absolute atomic E-state index is 15.0. The van der Waals surface area contributed by atoms with Gasteiger partial charge in [0, 0.05) is 15.6 Å². The highest BCUT2D eigenvalue weighted by Gasteiger charge is 2.41. The molecule has 1 aromatic heterocycles. The van der Waals surface area contributed by atoms with Gasteiger partial charge in [-0.1, -0.05) is 41.4 Å². The first-order valence-electron chi connectivity index (χ1n) is 6.68. The Hall–Kier alpha value is -1.43. The third kappa shape index (κ3) is 3.48.